The van der Waals surface area contributed by atoms with Crippen molar-refractivity contribution in [2.45, 2.75) is 19.1 Å². The summed E-state index contributed by atoms with van der Waals surface area (Å²) in [5.74, 6) is -0.936. The standard InChI is InChI=1S/C11H10FNO3/c12-8-3-1-7(2-4-8)6-16-11(15)9-5-10(14)13-9/h1-4,9H,5-6H2,(H,13,14)/t9-/m0/s1. The van der Waals surface area contributed by atoms with Crippen molar-refractivity contribution in [3.05, 3.63) is 35.6 Å². The van der Waals surface area contributed by atoms with E-state index < -0.39 is 12.0 Å². The summed E-state index contributed by atoms with van der Waals surface area (Å²) in [6.45, 7) is 0.0888. The number of hydrogen-bond acceptors (Lipinski definition) is 3. The highest BCUT2D eigenvalue weighted by Gasteiger charge is 2.32. The molecule has 2 rings (SSSR count). The second kappa shape index (κ2) is 4.30. The molecule has 1 fully saturated rings. The van der Waals surface area contributed by atoms with E-state index in [9.17, 15) is 14.0 Å². The van der Waals surface area contributed by atoms with E-state index in [2.05, 4.69) is 5.32 Å². The third-order valence-electron chi connectivity index (χ3n) is 2.30. The zero-order chi connectivity index (χ0) is 11.5. The fourth-order valence-corrected chi connectivity index (χ4v) is 1.34. The number of ether oxygens (including phenoxy) is 1. The summed E-state index contributed by atoms with van der Waals surface area (Å²) in [5.41, 5.74) is 0.709. The maximum absolute atomic E-state index is 12.6. The van der Waals surface area contributed by atoms with Crippen LogP contribution in [0.15, 0.2) is 24.3 Å². The highest BCUT2D eigenvalue weighted by Crippen LogP contribution is 2.09. The van der Waals surface area contributed by atoms with Gasteiger partial charge in [-0.25, -0.2) is 9.18 Å². The molecule has 0 unspecified atom stereocenters. The van der Waals surface area contributed by atoms with Crippen LogP contribution < -0.4 is 5.32 Å². The van der Waals surface area contributed by atoms with E-state index in [1.165, 1.54) is 12.1 Å². The van der Waals surface area contributed by atoms with Crippen LogP contribution in [0.3, 0.4) is 0 Å². The molecule has 0 spiro atoms. The molecule has 1 heterocycles. The summed E-state index contributed by atoms with van der Waals surface area (Å²) >= 11 is 0. The van der Waals surface area contributed by atoms with Crippen LogP contribution in [0.5, 0.6) is 0 Å². The average molecular weight is 223 g/mol. The molecule has 0 aromatic heterocycles. The Morgan fingerprint density at radius 2 is 2.06 bits per heavy atom. The number of nitrogens with one attached hydrogen (secondary N) is 1. The Morgan fingerprint density at radius 3 is 2.62 bits per heavy atom. The Hall–Kier alpha value is -1.91. The number of esters is 1. The van der Waals surface area contributed by atoms with Crippen LogP contribution in [0.1, 0.15) is 12.0 Å². The first-order valence-corrected chi connectivity index (χ1v) is 4.85. The first-order chi connectivity index (χ1) is 7.65. The fraction of sp³-hybridized carbons (Fsp3) is 0.273. The molecule has 1 saturated heterocycles. The van der Waals surface area contributed by atoms with Crippen molar-refractivity contribution in [1.82, 2.24) is 5.32 Å². The summed E-state index contributed by atoms with van der Waals surface area (Å²) in [6, 6.07) is 5.17. The van der Waals surface area contributed by atoms with Gasteiger partial charge in [0.05, 0.1) is 6.42 Å². The van der Waals surface area contributed by atoms with Gasteiger partial charge in [-0.05, 0) is 17.7 Å². The van der Waals surface area contributed by atoms with E-state index in [1.807, 2.05) is 0 Å². The first-order valence-electron chi connectivity index (χ1n) is 4.85. The molecule has 1 atom stereocenters. The van der Waals surface area contributed by atoms with E-state index in [0.29, 0.717) is 5.56 Å². The zero-order valence-electron chi connectivity index (χ0n) is 8.40. The summed E-state index contributed by atoms with van der Waals surface area (Å²) in [5, 5.41) is 2.41. The van der Waals surface area contributed by atoms with E-state index >= 15 is 0 Å². The van der Waals surface area contributed by atoms with Crippen molar-refractivity contribution in [3.8, 4) is 0 Å². The number of carbonyl (C=O) groups is 2. The molecule has 0 aliphatic carbocycles. The molecule has 1 N–H and O–H groups in total. The van der Waals surface area contributed by atoms with E-state index in [1.54, 1.807) is 12.1 Å². The van der Waals surface area contributed by atoms with Crippen molar-refractivity contribution in [1.29, 1.82) is 0 Å². The molecule has 0 radical (unpaired) electrons. The van der Waals surface area contributed by atoms with Crippen LogP contribution in [-0.2, 0) is 20.9 Å². The maximum Gasteiger partial charge on any atom is 0.329 e. The van der Waals surface area contributed by atoms with Gasteiger partial charge >= 0.3 is 5.97 Å². The summed E-state index contributed by atoms with van der Waals surface area (Å²) in [4.78, 5) is 21.9. The lowest BCUT2D eigenvalue weighted by molar-refractivity contribution is -0.154. The van der Waals surface area contributed by atoms with Crippen LogP contribution >= 0.6 is 0 Å². The second-order valence-corrected chi connectivity index (χ2v) is 3.56. The molecule has 1 aliphatic rings. The Labute approximate surface area is 91.4 Å². The van der Waals surface area contributed by atoms with Gasteiger partial charge in [0.25, 0.3) is 0 Å². The lowest BCUT2D eigenvalue weighted by Crippen LogP contribution is -2.53. The van der Waals surface area contributed by atoms with Gasteiger partial charge in [-0.15, -0.1) is 0 Å². The normalized spacial score (nSPS) is 18.6. The number of benzene rings is 1. The van der Waals surface area contributed by atoms with Gasteiger partial charge in [0, 0.05) is 0 Å². The highest BCUT2D eigenvalue weighted by molar-refractivity contribution is 5.94. The monoisotopic (exact) mass is 223 g/mol. The Morgan fingerprint density at radius 1 is 1.44 bits per heavy atom. The average Bonchev–Trinajstić information content (AvgIpc) is 2.24. The zero-order valence-corrected chi connectivity index (χ0v) is 8.40. The number of rotatable bonds is 3. The molecule has 4 nitrogen and oxygen atoms in total. The van der Waals surface area contributed by atoms with Crippen LogP contribution in [0.4, 0.5) is 4.39 Å². The largest absolute Gasteiger partial charge is 0.459 e. The minimum Gasteiger partial charge on any atom is -0.459 e. The van der Waals surface area contributed by atoms with Crippen LogP contribution in [-0.4, -0.2) is 17.9 Å². The Balaban J connectivity index is 1.81. The summed E-state index contributed by atoms with van der Waals surface area (Å²) in [7, 11) is 0. The van der Waals surface area contributed by atoms with E-state index in [0.717, 1.165) is 0 Å². The van der Waals surface area contributed by atoms with Gasteiger partial charge in [-0.3, -0.25) is 4.79 Å². The maximum atomic E-state index is 12.6. The predicted molar refractivity (Wildman–Crippen MR) is 52.7 cm³/mol. The third-order valence-corrected chi connectivity index (χ3v) is 2.30. The van der Waals surface area contributed by atoms with Gasteiger partial charge in [0.15, 0.2) is 0 Å². The minimum absolute atomic E-state index is 0.0888. The second-order valence-electron chi connectivity index (χ2n) is 3.56. The topological polar surface area (TPSA) is 55.4 Å². The van der Waals surface area contributed by atoms with Crippen molar-refractivity contribution < 1.29 is 18.7 Å². The third kappa shape index (κ3) is 2.36. The quantitative estimate of drug-likeness (QED) is 0.608. The molecular weight excluding hydrogens is 213 g/mol. The number of halogens is 1. The molecule has 84 valence electrons. The fourth-order valence-electron chi connectivity index (χ4n) is 1.34. The van der Waals surface area contributed by atoms with Gasteiger partial charge < -0.3 is 10.1 Å². The van der Waals surface area contributed by atoms with Gasteiger partial charge in [0.2, 0.25) is 5.91 Å². The molecule has 1 aromatic carbocycles. The lowest BCUT2D eigenvalue weighted by Gasteiger charge is -2.24. The SMILES string of the molecule is O=C1C[C@@H](C(=O)OCc2ccc(F)cc2)N1. The molecule has 1 aromatic rings. The molecule has 0 saturated carbocycles. The van der Waals surface area contributed by atoms with Gasteiger partial charge in [-0.1, -0.05) is 12.1 Å². The van der Waals surface area contributed by atoms with Crippen LogP contribution in [0, 0.1) is 5.82 Å². The Bertz CT molecular complexity index is 408. The van der Waals surface area contributed by atoms with E-state index in [-0.39, 0.29) is 24.8 Å². The molecule has 0 bridgehead atoms. The minimum atomic E-state index is -0.520. The summed E-state index contributed by atoms with van der Waals surface area (Å²) < 4.78 is 17.5. The highest BCUT2D eigenvalue weighted by atomic mass is 19.1. The van der Waals surface area contributed by atoms with Crippen molar-refractivity contribution in [2.75, 3.05) is 0 Å². The van der Waals surface area contributed by atoms with Crippen molar-refractivity contribution >= 4 is 11.9 Å². The first kappa shape index (κ1) is 10.6. The van der Waals surface area contributed by atoms with Gasteiger partial charge in [-0.2, -0.15) is 0 Å². The molecule has 1 aliphatic heterocycles. The molecule has 16 heavy (non-hydrogen) atoms. The molecule has 1 amide bonds. The van der Waals surface area contributed by atoms with Gasteiger partial charge in [0.1, 0.15) is 18.5 Å². The number of amides is 1. The number of β-lactam (4-membered cyclic amide) rings is 1. The molecular formula is C11H10FNO3. The van der Waals surface area contributed by atoms with Crippen LogP contribution in [0.2, 0.25) is 0 Å². The smallest absolute Gasteiger partial charge is 0.329 e. The summed E-state index contributed by atoms with van der Waals surface area (Å²) in [6.07, 6.45) is 0.183. The van der Waals surface area contributed by atoms with Crippen LogP contribution in [0.25, 0.3) is 0 Å². The number of hydrogen-bond donors (Lipinski definition) is 1. The number of carbonyl (C=O) groups excluding carboxylic acids is 2. The van der Waals surface area contributed by atoms with Crippen molar-refractivity contribution in [2.24, 2.45) is 0 Å². The lowest BCUT2D eigenvalue weighted by atomic mass is 10.1. The Kier molecular flexibility index (Phi) is 2.85. The van der Waals surface area contributed by atoms with E-state index in [4.69, 9.17) is 4.74 Å². The predicted octanol–water partition coefficient (Wildman–Crippen LogP) is 0.757. The van der Waals surface area contributed by atoms with Crippen molar-refractivity contribution in [3.63, 3.8) is 0 Å². The molecule has 5 heteroatoms.